The van der Waals surface area contributed by atoms with E-state index >= 15 is 0 Å². The first-order chi connectivity index (χ1) is 10.1. The Hall–Kier alpha value is -2.30. The van der Waals surface area contributed by atoms with Crippen LogP contribution in [0.4, 0.5) is 0 Å². The van der Waals surface area contributed by atoms with E-state index in [0.717, 1.165) is 30.2 Å². The third kappa shape index (κ3) is 2.63. The van der Waals surface area contributed by atoms with Crippen molar-refractivity contribution in [1.82, 2.24) is 5.32 Å². The van der Waals surface area contributed by atoms with E-state index in [4.69, 9.17) is 4.42 Å². The summed E-state index contributed by atoms with van der Waals surface area (Å²) < 4.78 is 5.38. The highest BCUT2D eigenvalue weighted by Crippen LogP contribution is 2.33. The number of benzene rings is 1. The third-order valence-corrected chi connectivity index (χ3v) is 3.94. The largest absolute Gasteiger partial charge is 0.480 e. The molecular weight excluding hydrogens is 270 g/mol. The average Bonchev–Trinajstić information content (AvgIpc) is 3.22. The summed E-state index contributed by atoms with van der Waals surface area (Å²) in [6.45, 7) is 2.04. The van der Waals surface area contributed by atoms with Gasteiger partial charge in [-0.05, 0) is 42.9 Å². The molecule has 1 aliphatic rings. The first-order valence-corrected chi connectivity index (χ1v) is 7.14. The van der Waals surface area contributed by atoms with Gasteiger partial charge < -0.3 is 14.8 Å². The van der Waals surface area contributed by atoms with E-state index < -0.39 is 12.0 Å². The number of amides is 1. The van der Waals surface area contributed by atoms with Crippen LogP contribution in [-0.4, -0.2) is 23.0 Å². The van der Waals surface area contributed by atoms with Gasteiger partial charge >= 0.3 is 5.97 Å². The predicted octanol–water partition coefficient (Wildman–Crippen LogP) is 2.59. The lowest BCUT2D eigenvalue weighted by molar-refractivity contribution is -0.139. The topological polar surface area (TPSA) is 79.5 Å². The zero-order valence-corrected chi connectivity index (χ0v) is 11.8. The maximum atomic E-state index is 12.3. The van der Waals surface area contributed by atoms with Gasteiger partial charge in [0.2, 0.25) is 0 Å². The molecule has 1 saturated carbocycles. The molecule has 0 spiro atoms. The number of carbonyl (C=O) groups excluding carboxylic acids is 1. The van der Waals surface area contributed by atoms with Crippen LogP contribution in [0.5, 0.6) is 0 Å². The van der Waals surface area contributed by atoms with Crippen LogP contribution in [0, 0.1) is 5.92 Å². The van der Waals surface area contributed by atoms with Crippen molar-refractivity contribution in [2.45, 2.75) is 32.2 Å². The number of hydrogen-bond donors (Lipinski definition) is 2. The molecule has 1 heterocycles. The van der Waals surface area contributed by atoms with Crippen LogP contribution in [-0.2, 0) is 11.2 Å². The third-order valence-electron chi connectivity index (χ3n) is 3.94. The van der Waals surface area contributed by atoms with E-state index in [1.807, 2.05) is 25.1 Å². The van der Waals surface area contributed by atoms with Gasteiger partial charge in [0.1, 0.15) is 17.9 Å². The summed E-state index contributed by atoms with van der Waals surface area (Å²) in [6.07, 6.45) is 3.96. The number of carbonyl (C=O) groups is 2. The molecule has 1 amide bonds. The summed E-state index contributed by atoms with van der Waals surface area (Å²) in [5, 5.41) is 12.5. The second-order valence-electron chi connectivity index (χ2n) is 5.46. The Morgan fingerprint density at radius 2 is 2.19 bits per heavy atom. The number of fused-ring (bicyclic) bond motifs is 1. The standard InChI is InChI=1S/C16H17NO4/c1-2-9-3-6-13-11(7-9)12(8-21-13)15(18)17-14(16(19)20)10-4-5-10/h3,6-8,10,14H,2,4-5H2,1H3,(H,17,18)(H,19,20). The molecule has 5 nitrogen and oxygen atoms in total. The van der Waals surface area contributed by atoms with E-state index in [-0.39, 0.29) is 11.8 Å². The molecule has 2 aromatic rings. The predicted molar refractivity (Wildman–Crippen MR) is 77.2 cm³/mol. The van der Waals surface area contributed by atoms with Crippen LogP contribution in [0.1, 0.15) is 35.7 Å². The summed E-state index contributed by atoms with van der Waals surface area (Å²) in [7, 11) is 0. The maximum Gasteiger partial charge on any atom is 0.326 e. The molecule has 1 atom stereocenters. The van der Waals surface area contributed by atoms with Crippen molar-refractivity contribution in [3.8, 4) is 0 Å². The molecule has 1 aliphatic carbocycles. The SMILES string of the molecule is CCc1ccc2occ(C(=O)NC(C(=O)O)C3CC3)c2c1. The van der Waals surface area contributed by atoms with Gasteiger partial charge in [0.25, 0.3) is 5.91 Å². The number of aliphatic carboxylic acids is 1. The molecule has 1 aromatic heterocycles. The second-order valence-corrected chi connectivity index (χ2v) is 5.46. The average molecular weight is 287 g/mol. The second kappa shape index (κ2) is 5.24. The van der Waals surface area contributed by atoms with Crippen molar-refractivity contribution in [2.24, 2.45) is 5.92 Å². The Morgan fingerprint density at radius 1 is 1.43 bits per heavy atom. The minimum absolute atomic E-state index is 0.0517. The highest BCUT2D eigenvalue weighted by molar-refractivity contribution is 6.07. The molecule has 1 fully saturated rings. The van der Waals surface area contributed by atoms with Gasteiger partial charge in [-0.3, -0.25) is 4.79 Å². The Labute approximate surface area is 121 Å². The molecule has 3 rings (SSSR count). The molecule has 110 valence electrons. The minimum Gasteiger partial charge on any atom is -0.480 e. The molecule has 0 saturated heterocycles. The van der Waals surface area contributed by atoms with E-state index in [1.165, 1.54) is 6.26 Å². The van der Waals surface area contributed by atoms with Gasteiger partial charge in [0, 0.05) is 5.39 Å². The van der Waals surface area contributed by atoms with Gasteiger partial charge in [0.15, 0.2) is 0 Å². The number of furan rings is 1. The van der Waals surface area contributed by atoms with Gasteiger partial charge in [-0.15, -0.1) is 0 Å². The smallest absolute Gasteiger partial charge is 0.326 e. The number of nitrogens with one attached hydrogen (secondary N) is 1. The Bertz CT molecular complexity index is 699. The molecule has 0 aliphatic heterocycles. The van der Waals surface area contributed by atoms with Gasteiger partial charge in [0.05, 0.1) is 5.56 Å². The van der Waals surface area contributed by atoms with Crippen LogP contribution in [0.15, 0.2) is 28.9 Å². The van der Waals surface area contributed by atoms with Crippen molar-refractivity contribution < 1.29 is 19.1 Å². The molecule has 5 heteroatoms. The zero-order chi connectivity index (χ0) is 15.0. The van der Waals surface area contributed by atoms with E-state index in [1.54, 1.807) is 0 Å². The first kappa shape index (κ1) is 13.7. The number of aryl methyl sites for hydroxylation is 1. The number of carboxylic acid groups (broad SMARTS) is 1. The summed E-state index contributed by atoms with van der Waals surface area (Å²) >= 11 is 0. The fraction of sp³-hybridized carbons (Fsp3) is 0.375. The van der Waals surface area contributed by atoms with Crippen LogP contribution in [0.2, 0.25) is 0 Å². The summed E-state index contributed by atoms with van der Waals surface area (Å²) in [5.74, 6) is -1.31. The molecule has 0 bridgehead atoms. The molecule has 0 radical (unpaired) electrons. The highest BCUT2D eigenvalue weighted by Gasteiger charge is 2.37. The van der Waals surface area contributed by atoms with Crippen LogP contribution < -0.4 is 5.32 Å². The highest BCUT2D eigenvalue weighted by atomic mass is 16.4. The monoisotopic (exact) mass is 287 g/mol. The van der Waals surface area contributed by atoms with E-state index in [2.05, 4.69) is 5.32 Å². The minimum atomic E-state index is -0.979. The Kier molecular flexibility index (Phi) is 3.41. The molecule has 2 N–H and O–H groups in total. The van der Waals surface area contributed by atoms with Crippen molar-refractivity contribution >= 4 is 22.8 Å². The molecule has 1 aromatic carbocycles. The van der Waals surface area contributed by atoms with Gasteiger partial charge in [-0.1, -0.05) is 13.0 Å². The number of carboxylic acids is 1. The Balaban J connectivity index is 1.88. The quantitative estimate of drug-likeness (QED) is 0.885. The summed E-state index contributed by atoms with van der Waals surface area (Å²) in [4.78, 5) is 23.5. The number of rotatable bonds is 5. The first-order valence-electron chi connectivity index (χ1n) is 7.14. The number of hydrogen-bond acceptors (Lipinski definition) is 3. The van der Waals surface area contributed by atoms with Crippen molar-refractivity contribution in [3.05, 3.63) is 35.6 Å². The van der Waals surface area contributed by atoms with Crippen LogP contribution in [0.25, 0.3) is 11.0 Å². The van der Waals surface area contributed by atoms with Crippen molar-refractivity contribution in [3.63, 3.8) is 0 Å². The van der Waals surface area contributed by atoms with Crippen LogP contribution in [0.3, 0.4) is 0 Å². The maximum absolute atomic E-state index is 12.3. The van der Waals surface area contributed by atoms with Gasteiger partial charge in [-0.25, -0.2) is 4.79 Å². The fourth-order valence-electron chi connectivity index (χ4n) is 2.50. The van der Waals surface area contributed by atoms with Gasteiger partial charge in [-0.2, -0.15) is 0 Å². The van der Waals surface area contributed by atoms with Crippen molar-refractivity contribution in [1.29, 1.82) is 0 Å². The summed E-state index contributed by atoms with van der Waals surface area (Å²) in [5.41, 5.74) is 2.14. The lowest BCUT2D eigenvalue weighted by atomic mass is 10.1. The molecular formula is C16H17NO4. The zero-order valence-electron chi connectivity index (χ0n) is 11.8. The summed E-state index contributed by atoms with van der Waals surface area (Å²) in [6, 6.07) is 4.90. The lowest BCUT2D eigenvalue weighted by Crippen LogP contribution is -2.42. The fourth-order valence-corrected chi connectivity index (χ4v) is 2.50. The van der Waals surface area contributed by atoms with Crippen molar-refractivity contribution in [2.75, 3.05) is 0 Å². The molecule has 21 heavy (non-hydrogen) atoms. The van der Waals surface area contributed by atoms with Crippen LogP contribution >= 0.6 is 0 Å². The normalized spacial score (nSPS) is 15.9. The Morgan fingerprint density at radius 3 is 2.81 bits per heavy atom. The lowest BCUT2D eigenvalue weighted by Gasteiger charge is -2.12. The molecule has 1 unspecified atom stereocenters. The van der Waals surface area contributed by atoms with E-state index in [0.29, 0.717) is 11.1 Å². The van der Waals surface area contributed by atoms with E-state index in [9.17, 15) is 14.7 Å².